The minimum absolute atomic E-state index is 0.0130. The third kappa shape index (κ3) is 3.67. The summed E-state index contributed by atoms with van der Waals surface area (Å²) < 4.78 is 15.4. The van der Waals surface area contributed by atoms with Gasteiger partial charge in [0.25, 0.3) is 0 Å². The number of nitrogens with zero attached hydrogens (tertiary/aromatic N) is 2. The Kier molecular flexibility index (Phi) is 4.32. The van der Waals surface area contributed by atoms with E-state index in [2.05, 4.69) is 16.9 Å². The van der Waals surface area contributed by atoms with Crippen molar-refractivity contribution in [2.24, 2.45) is 0 Å². The number of aliphatic hydroxyl groups excluding tert-OH is 1. The summed E-state index contributed by atoms with van der Waals surface area (Å²) in [6.07, 6.45) is 4.06. The second-order valence-corrected chi connectivity index (χ2v) is 4.30. The fraction of sp³-hybridized carbons (Fsp3) is 0.267. The van der Waals surface area contributed by atoms with E-state index in [-0.39, 0.29) is 12.4 Å². The van der Waals surface area contributed by atoms with Crippen LogP contribution in [0.2, 0.25) is 0 Å². The number of hydrogen-bond acceptors (Lipinski definition) is 2. The van der Waals surface area contributed by atoms with Crippen molar-refractivity contribution >= 4 is 0 Å². The smallest absolute Gasteiger partial charge is 0.138 e. The number of hydrogen-bond donors (Lipinski definition) is 1. The summed E-state index contributed by atoms with van der Waals surface area (Å²) in [7, 11) is 0. The van der Waals surface area contributed by atoms with Crippen LogP contribution in [-0.2, 0) is 6.54 Å². The molecule has 0 amide bonds. The summed E-state index contributed by atoms with van der Waals surface area (Å²) in [5, 5.41) is 12.8. The lowest BCUT2D eigenvalue weighted by Crippen LogP contribution is -2.00. The molecule has 0 aliphatic carbocycles. The lowest BCUT2D eigenvalue weighted by Gasteiger charge is -2.03. The molecule has 1 aromatic heterocycles. The van der Waals surface area contributed by atoms with E-state index in [1.807, 2.05) is 13.1 Å². The average molecular weight is 258 g/mol. The SMILES string of the molecule is Cc1cnn(Cc2ccc(F)c(C#CCCO)c2)c1. The maximum Gasteiger partial charge on any atom is 0.138 e. The second-order valence-electron chi connectivity index (χ2n) is 4.30. The number of aromatic nitrogens is 2. The molecule has 1 aromatic carbocycles. The number of benzene rings is 1. The van der Waals surface area contributed by atoms with Gasteiger partial charge < -0.3 is 5.11 Å². The van der Waals surface area contributed by atoms with Gasteiger partial charge in [-0.25, -0.2) is 4.39 Å². The molecule has 0 radical (unpaired) electrons. The molecule has 2 rings (SSSR count). The van der Waals surface area contributed by atoms with E-state index in [4.69, 9.17) is 5.11 Å². The summed E-state index contributed by atoms with van der Waals surface area (Å²) in [5.74, 6) is 5.11. The Balaban J connectivity index is 2.19. The number of aliphatic hydroxyl groups is 1. The number of rotatable bonds is 3. The molecule has 0 atom stereocenters. The molecule has 0 aliphatic heterocycles. The zero-order valence-corrected chi connectivity index (χ0v) is 10.7. The Morgan fingerprint density at radius 2 is 2.26 bits per heavy atom. The van der Waals surface area contributed by atoms with Crippen molar-refractivity contribution in [2.75, 3.05) is 6.61 Å². The first kappa shape index (κ1) is 13.3. The predicted molar refractivity (Wildman–Crippen MR) is 71.0 cm³/mol. The topological polar surface area (TPSA) is 38.0 Å². The van der Waals surface area contributed by atoms with E-state index in [1.165, 1.54) is 6.07 Å². The molecule has 98 valence electrons. The molecular weight excluding hydrogens is 243 g/mol. The van der Waals surface area contributed by atoms with Gasteiger partial charge >= 0.3 is 0 Å². The molecule has 3 nitrogen and oxygen atoms in total. The van der Waals surface area contributed by atoms with Gasteiger partial charge in [-0.2, -0.15) is 5.10 Å². The largest absolute Gasteiger partial charge is 0.395 e. The van der Waals surface area contributed by atoms with Crippen LogP contribution in [0.25, 0.3) is 0 Å². The van der Waals surface area contributed by atoms with Gasteiger partial charge in [-0.05, 0) is 30.2 Å². The van der Waals surface area contributed by atoms with Crippen molar-refractivity contribution in [3.63, 3.8) is 0 Å². The van der Waals surface area contributed by atoms with Gasteiger partial charge in [-0.1, -0.05) is 17.9 Å². The highest BCUT2D eigenvalue weighted by atomic mass is 19.1. The Bertz CT molecular complexity index is 623. The van der Waals surface area contributed by atoms with Gasteiger partial charge in [0.2, 0.25) is 0 Å². The minimum atomic E-state index is -0.342. The zero-order chi connectivity index (χ0) is 13.7. The molecule has 0 saturated carbocycles. The van der Waals surface area contributed by atoms with Gasteiger partial charge in [0.05, 0.1) is 24.9 Å². The molecular formula is C15H15FN2O. The van der Waals surface area contributed by atoms with E-state index >= 15 is 0 Å². The van der Waals surface area contributed by atoms with Crippen LogP contribution in [0.3, 0.4) is 0 Å². The van der Waals surface area contributed by atoms with Crippen molar-refractivity contribution in [3.8, 4) is 11.8 Å². The third-order valence-corrected chi connectivity index (χ3v) is 2.60. The molecule has 1 N–H and O–H groups in total. The molecule has 19 heavy (non-hydrogen) atoms. The highest BCUT2D eigenvalue weighted by Gasteiger charge is 2.02. The van der Waals surface area contributed by atoms with Crippen LogP contribution in [0.15, 0.2) is 30.6 Å². The molecule has 0 fully saturated rings. The van der Waals surface area contributed by atoms with Crippen LogP contribution in [0.4, 0.5) is 4.39 Å². The first-order valence-corrected chi connectivity index (χ1v) is 6.06. The minimum Gasteiger partial charge on any atom is -0.395 e. The molecule has 0 saturated heterocycles. The fourth-order valence-electron chi connectivity index (χ4n) is 1.72. The normalized spacial score (nSPS) is 10.1. The van der Waals surface area contributed by atoms with Crippen LogP contribution >= 0.6 is 0 Å². The van der Waals surface area contributed by atoms with E-state index in [0.29, 0.717) is 18.5 Å². The van der Waals surface area contributed by atoms with Crippen LogP contribution in [0.5, 0.6) is 0 Å². The van der Waals surface area contributed by atoms with Crippen molar-refractivity contribution in [2.45, 2.75) is 19.9 Å². The highest BCUT2D eigenvalue weighted by molar-refractivity contribution is 5.38. The highest BCUT2D eigenvalue weighted by Crippen LogP contribution is 2.11. The van der Waals surface area contributed by atoms with Crippen LogP contribution in [-0.4, -0.2) is 21.5 Å². The Labute approximate surface area is 111 Å². The van der Waals surface area contributed by atoms with Crippen LogP contribution < -0.4 is 0 Å². The maximum absolute atomic E-state index is 13.6. The van der Waals surface area contributed by atoms with Gasteiger partial charge in [0.1, 0.15) is 5.82 Å². The lowest BCUT2D eigenvalue weighted by molar-refractivity contribution is 0.305. The van der Waals surface area contributed by atoms with E-state index in [0.717, 1.165) is 11.1 Å². The maximum atomic E-state index is 13.6. The molecule has 0 unspecified atom stereocenters. The van der Waals surface area contributed by atoms with Gasteiger partial charge in [-0.3, -0.25) is 4.68 Å². The Morgan fingerprint density at radius 3 is 2.95 bits per heavy atom. The third-order valence-electron chi connectivity index (χ3n) is 2.60. The monoisotopic (exact) mass is 258 g/mol. The molecule has 2 aromatic rings. The lowest BCUT2D eigenvalue weighted by atomic mass is 10.1. The van der Waals surface area contributed by atoms with Gasteiger partial charge in [-0.15, -0.1) is 0 Å². The van der Waals surface area contributed by atoms with E-state index in [9.17, 15) is 4.39 Å². The number of aryl methyl sites for hydroxylation is 1. The van der Waals surface area contributed by atoms with Crippen LogP contribution in [0, 0.1) is 24.6 Å². The molecule has 4 heteroatoms. The van der Waals surface area contributed by atoms with Gasteiger partial charge in [0, 0.05) is 12.6 Å². The molecule has 0 aliphatic rings. The summed E-state index contributed by atoms with van der Waals surface area (Å²) >= 11 is 0. The van der Waals surface area contributed by atoms with Crippen molar-refractivity contribution in [3.05, 3.63) is 53.1 Å². The van der Waals surface area contributed by atoms with Crippen molar-refractivity contribution in [1.29, 1.82) is 0 Å². The number of halogens is 1. The Hall–Kier alpha value is -2.12. The van der Waals surface area contributed by atoms with Crippen LogP contribution in [0.1, 0.15) is 23.1 Å². The van der Waals surface area contributed by atoms with Gasteiger partial charge in [0.15, 0.2) is 0 Å². The van der Waals surface area contributed by atoms with Crippen molar-refractivity contribution < 1.29 is 9.50 Å². The molecule has 1 heterocycles. The predicted octanol–water partition coefficient (Wildman–Crippen LogP) is 2.11. The zero-order valence-electron chi connectivity index (χ0n) is 10.7. The average Bonchev–Trinajstić information content (AvgIpc) is 2.79. The quantitative estimate of drug-likeness (QED) is 0.856. The summed E-state index contributed by atoms with van der Waals surface area (Å²) in [4.78, 5) is 0. The molecule has 0 spiro atoms. The van der Waals surface area contributed by atoms with E-state index < -0.39 is 0 Å². The first-order valence-electron chi connectivity index (χ1n) is 6.06. The standard InChI is InChI=1S/C15H15FN2O/c1-12-9-17-18(10-12)11-13-5-6-15(16)14(8-13)4-2-3-7-19/h5-6,8-10,19H,3,7,11H2,1H3. The van der Waals surface area contributed by atoms with E-state index in [1.54, 1.807) is 23.0 Å². The second kappa shape index (κ2) is 6.17. The first-order chi connectivity index (χ1) is 9.19. The fourth-order valence-corrected chi connectivity index (χ4v) is 1.72. The van der Waals surface area contributed by atoms with Crippen molar-refractivity contribution in [1.82, 2.24) is 9.78 Å². The summed E-state index contributed by atoms with van der Waals surface area (Å²) in [6, 6.07) is 4.86. The summed E-state index contributed by atoms with van der Waals surface area (Å²) in [6.45, 7) is 2.55. The summed E-state index contributed by atoms with van der Waals surface area (Å²) in [5.41, 5.74) is 2.39. The molecule has 0 bridgehead atoms. The Morgan fingerprint density at radius 1 is 1.42 bits per heavy atom.